The molecule has 15 heavy (non-hydrogen) atoms. The molecule has 0 aliphatic heterocycles. The first kappa shape index (κ1) is 7.29. The molecule has 6 fully saturated rings. The Hall–Kier alpha value is -0.0800. The van der Waals surface area contributed by atoms with Crippen molar-refractivity contribution in [1.29, 1.82) is 0 Å². The first-order valence-electron chi connectivity index (χ1n) is 5.98. The van der Waals surface area contributed by atoms with Crippen molar-refractivity contribution in [2.24, 2.45) is 39.4 Å². The fraction of sp³-hybridized carbons (Fsp3) is 0.917. The van der Waals surface area contributed by atoms with Crippen LogP contribution in [0.1, 0.15) is 12.8 Å². The quantitative estimate of drug-likeness (QED) is 0.673. The molecular formula is C12H11ClO2. The summed E-state index contributed by atoms with van der Waals surface area (Å²) < 4.78 is 5.51. The van der Waals surface area contributed by atoms with Gasteiger partial charge in [0.2, 0.25) is 5.24 Å². The molecule has 7 atom stereocenters. The lowest BCUT2D eigenvalue weighted by Crippen LogP contribution is -2.65. The molecule has 0 aromatic heterocycles. The van der Waals surface area contributed by atoms with Crippen molar-refractivity contribution in [3.05, 3.63) is 0 Å². The molecule has 0 amide bonds. The second-order valence-electron chi connectivity index (χ2n) is 6.68. The molecule has 0 aromatic rings. The maximum atomic E-state index is 10.6. The zero-order valence-corrected chi connectivity index (χ0v) is 9.01. The summed E-state index contributed by atoms with van der Waals surface area (Å²) in [5.41, 5.74) is 2.98. The van der Waals surface area contributed by atoms with Crippen LogP contribution in [-0.4, -0.2) is 18.5 Å². The van der Waals surface area contributed by atoms with E-state index in [9.17, 15) is 4.79 Å². The van der Waals surface area contributed by atoms with Crippen molar-refractivity contribution in [2.75, 3.05) is 13.2 Å². The highest BCUT2D eigenvalue weighted by atomic mass is 35.5. The molecular weight excluding hydrogens is 212 g/mol. The molecule has 6 aliphatic carbocycles. The molecule has 0 bridgehead atoms. The Morgan fingerprint density at radius 3 is 2.93 bits per heavy atom. The number of hydrogen-bond donors (Lipinski definition) is 0. The maximum absolute atomic E-state index is 10.6. The van der Waals surface area contributed by atoms with Crippen LogP contribution in [0.4, 0.5) is 0 Å². The second kappa shape index (κ2) is 1.39. The average molecular weight is 223 g/mol. The Morgan fingerprint density at radius 2 is 2.33 bits per heavy atom. The minimum Gasteiger partial charge on any atom is -0.372 e. The van der Waals surface area contributed by atoms with Crippen LogP contribution in [0.15, 0.2) is 0 Å². The smallest absolute Gasteiger partial charge is 0.247 e. The number of fused-ring (bicyclic) bond motifs is 1. The van der Waals surface area contributed by atoms with Crippen LogP contribution in [0.2, 0.25) is 0 Å². The Balaban J connectivity index is 1.32. The van der Waals surface area contributed by atoms with E-state index in [1.165, 1.54) is 12.8 Å². The van der Waals surface area contributed by atoms with Gasteiger partial charge in [-0.25, -0.2) is 0 Å². The number of carbonyl (C=O) groups is 1. The van der Waals surface area contributed by atoms with Crippen LogP contribution in [0.25, 0.3) is 0 Å². The van der Waals surface area contributed by atoms with E-state index in [0.717, 1.165) is 40.6 Å². The SMILES string of the molecule is O=C(Cl)COC[C@@]12C3CC34[C@@H]3CC15C3C452. The van der Waals surface area contributed by atoms with Gasteiger partial charge in [0.25, 0.3) is 0 Å². The molecule has 3 spiro atoms. The fourth-order valence-electron chi connectivity index (χ4n) is 7.92. The number of ether oxygens (including phenoxy) is 1. The van der Waals surface area contributed by atoms with E-state index >= 15 is 0 Å². The van der Waals surface area contributed by atoms with E-state index in [-0.39, 0.29) is 11.8 Å². The van der Waals surface area contributed by atoms with Crippen LogP contribution >= 0.6 is 11.6 Å². The standard InChI is InChI=1S/C12H11ClO2/c13-7(14)3-15-4-11-6-2-9(6)5-1-10(11)8(5)12(9,10)11/h5-6,8H,1-4H2/t5-,6?,8?,9?,10?,11-,12?/m1/s1. The third-order valence-corrected chi connectivity index (χ3v) is 7.65. The van der Waals surface area contributed by atoms with Gasteiger partial charge in [-0.15, -0.1) is 0 Å². The van der Waals surface area contributed by atoms with Crippen LogP contribution in [0.5, 0.6) is 0 Å². The lowest BCUT2D eigenvalue weighted by molar-refractivity contribution is -0.223. The highest BCUT2D eigenvalue weighted by molar-refractivity contribution is 6.63. The topological polar surface area (TPSA) is 26.3 Å². The summed E-state index contributed by atoms with van der Waals surface area (Å²) in [6.45, 7) is 0.949. The van der Waals surface area contributed by atoms with E-state index in [0.29, 0.717) is 5.41 Å². The van der Waals surface area contributed by atoms with Crippen molar-refractivity contribution in [3.8, 4) is 0 Å². The minimum atomic E-state index is -0.353. The van der Waals surface area contributed by atoms with Crippen LogP contribution < -0.4 is 0 Å². The lowest BCUT2D eigenvalue weighted by Gasteiger charge is -2.66. The minimum absolute atomic E-state index is 0.114. The van der Waals surface area contributed by atoms with E-state index in [4.69, 9.17) is 16.3 Å². The average Bonchev–Trinajstić information content (AvgIpc) is 2.98. The molecule has 2 nitrogen and oxygen atoms in total. The molecule has 6 saturated carbocycles. The van der Waals surface area contributed by atoms with E-state index in [1.54, 1.807) is 0 Å². The zero-order chi connectivity index (χ0) is 9.84. The number of rotatable bonds is 4. The van der Waals surface area contributed by atoms with Gasteiger partial charge in [0, 0.05) is 5.41 Å². The van der Waals surface area contributed by atoms with Gasteiger partial charge in [0.15, 0.2) is 0 Å². The van der Waals surface area contributed by atoms with Crippen LogP contribution in [-0.2, 0) is 9.53 Å². The van der Waals surface area contributed by atoms with E-state index < -0.39 is 0 Å². The van der Waals surface area contributed by atoms with Crippen molar-refractivity contribution < 1.29 is 9.53 Å². The predicted molar refractivity (Wildman–Crippen MR) is 51.1 cm³/mol. The van der Waals surface area contributed by atoms with Crippen LogP contribution in [0, 0.1) is 39.4 Å². The summed E-state index contributed by atoms with van der Waals surface area (Å²) in [6.07, 6.45) is 3.00. The Morgan fingerprint density at radius 1 is 1.47 bits per heavy atom. The van der Waals surface area contributed by atoms with Gasteiger partial charge in [-0.1, -0.05) is 0 Å². The molecule has 3 heteroatoms. The number of halogens is 1. The summed E-state index contributed by atoms with van der Waals surface area (Å²) in [6, 6.07) is 0. The van der Waals surface area contributed by atoms with Crippen molar-refractivity contribution in [1.82, 2.24) is 0 Å². The Bertz CT molecular complexity index is 490. The lowest BCUT2D eigenvalue weighted by atomic mass is 9.37. The first-order chi connectivity index (χ1) is 7.22. The van der Waals surface area contributed by atoms with Gasteiger partial charge in [0.05, 0.1) is 6.61 Å². The third-order valence-electron chi connectivity index (χ3n) is 7.54. The third kappa shape index (κ3) is 0.302. The molecule has 0 aromatic carbocycles. The van der Waals surface area contributed by atoms with E-state index in [1.807, 2.05) is 0 Å². The summed E-state index contributed by atoms with van der Waals surface area (Å²) in [4.78, 5) is 10.6. The van der Waals surface area contributed by atoms with Gasteiger partial charge in [-0.2, -0.15) is 0 Å². The Kier molecular flexibility index (Phi) is 0.674. The van der Waals surface area contributed by atoms with Gasteiger partial charge in [-0.3, -0.25) is 4.79 Å². The van der Waals surface area contributed by atoms with Gasteiger partial charge in [0.1, 0.15) is 6.61 Å². The zero-order valence-electron chi connectivity index (χ0n) is 8.25. The van der Waals surface area contributed by atoms with Crippen molar-refractivity contribution in [3.63, 3.8) is 0 Å². The molecule has 6 aliphatic rings. The van der Waals surface area contributed by atoms with E-state index in [2.05, 4.69) is 0 Å². The molecule has 0 saturated heterocycles. The fourth-order valence-corrected chi connectivity index (χ4v) is 8.00. The largest absolute Gasteiger partial charge is 0.372 e. The highest BCUT2D eigenvalue weighted by Crippen LogP contribution is 3.34. The van der Waals surface area contributed by atoms with Crippen molar-refractivity contribution >= 4 is 16.8 Å². The molecule has 5 unspecified atom stereocenters. The molecule has 0 N–H and O–H groups in total. The summed E-state index contributed by atoms with van der Waals surface area (Å²) >= 11 is 5.29. The molecule has 0 heterocycles. The monoisotopic (exact) mass is 222 g/mol. The first-order valence-corrected chi connectivity index (χ1v) is 6.36. The molecule has 6 rings (SSSR count). The van der Waals surface area contributed by atoms with Crippen LogP contribution in [0.3, 0.4) is 0 Å². The summed E-state index contributed by atoms with van der Waals surface area (Å²) in [7, 11) is 0. The predicted octanol–water partition coefficient (Wildman–Crippen LogP) is 1.42. The summed E-state index contributed by atoms with van der Waals surface area (Å²) in [5.74, 6) is 3.26. The second-order valence-corrected chi connectivity index (χ2v) is 7.11. The normalized spacial score (nSPS) is 79.9. The highest BCUT2D eigenvalue weighted by Gasteiger charge is 3.32. The number of hydrogen-bond acceptors (Lipinski definition) is 2. The maximum Gasteiger partial charge on any atom is 0.247 e. The summed E-state index contributed by atoms with van der Waals surface area (Å²) in [5, 5.41) is -0.353. The Labute approximate surface area is 92.3 Å². The van der Waals surface area contributed by atoms with Gasteiger partial charge >= 0.3 is 0 Å². The van der Waals surface area contributed by atoms with Gasteiger partial charge in [-0.05, 0) is 58.4 Å². The molecule has 78 valence electrons. The van der Waals surface area contributed by atoms with Gasteiger partial charge < -0.3 is 4.74 Å². The number of carbonyl (C=O) groups excluding carboxylic acids is 1. The van der Waals surface area contributed by atoms with Crippen molar-refractivity contribution in [2.45, 2.75) is 12.8 Å². The molecule has 0 radical (unpaired) electrons.